The van der Waals surface area contributed by atoms with E-state index in [1.54, 1.807) is 6.66 Å². The molecule has 1 aliphatic heterocycles. The molecule has 0 aromatic heterocycles. The van der Waals surface area contributed by atoms with Crippen LogP contribution in [0.15, 0.2) is 0 Å². The first kappa shape index (κ1) is 10.7. The van der Waals surface area contributed by atoms with Crippen LogP contribution in [-0.2, 0) is 13.6 Å². The molecule has 14 heavy (non-hydrogen) atoms. The van der Waals surface area contributed by atoms with Gasteiger partial charge in [-0.3, -0.25) is 4.57 Å². The summed E-state index contributed by atoms with van der Waals surface area (Å²) in [5, 5.41) is 0. The summed E-state index contributed by atoms with van der Waals surface area (Å²) in [6, 6.07) is 0. The van der Waals surface area contributed by atoms with Gasteiger partial charge in [0.15, 0.2) is 0 Å². The summed E-state index contributed by atoms with van der Waals surface area (Å²) >= 11 is 0. The fourth-order valence-electron chi connectivity index (χ4n) is 2.49. The molecule has 4 heteroatoms. The van der Waals surface area contributed by atoms with Crippen molar-refractivity contribution in [2.24, 2.45) is 11.3 Å². The summed E-state index contributed by atoms with van der Waals surface area (Å²) in [4.78, 5) is 0. The van der Waals surface area contributed by atoms with Crippen molar-refractivity contribution in [3.05, 3.63) is 0 Å². The summed E-state index contributed by atoms with van der Waals surface area (Å²) in [6.45, 7) is 8.08. The van der Waals surface area contributed by atoms with Crippen molar-refractivity contribution in [1.29, 1.82) is 0 Å². The van der Waals surface area contributed by atoms with E-state index in [1.165, 1.54) is 0 Å². The van der Waals surface area contributed by atoms with E-state index in [0.717, 1.165) is 12.8 Å². The lowest BCUT2D eigenvalue weighted by Gasteiger charge is -2.51. The first-order valence-electron chi connectivity index (χ1n) is 5.25. The highest BCUT2D eigenvalue weighted by molar-refractivity contribution is 7.53. The quantitative estimate of drug-likeness (QED) is 0.586. The van der Waals surface area contributed by atoms with Gasteiger partial charge in [0, 0.05) is 12.1 Å². The molecule has 0 N–H and O–H groups in total. The monoisotopic (exact) mass is 218 g/mol. The van der Waals surface area contributed by atoms with Gasteiger partial charge < -0.3 is 9.05 Å². The number of rotatable bonds is 0. The van der Waals surface area contributed by atoms with Crippen LogP contribution >= 0.6 is 7.60 Å². The van der Waals surface area contributed by atoms with Crippen LogP contribution in [0.25, 0.3) is 0 Å². The lowest BCUT2D eigenvalue weighted by Crippen LogP contribution is -2.51. The molecule has 0 radical (unpaired) electrons. The van der Waals surface area contributed by atoms with E-state index < -0.39 is 7.60 Å². The minimum Gasteiger partial charge on any atom is -0.305 e. The highest BCUT2D eigenvalue weighted by Gasteiger charge is 2.52. The number of hydrogen-bond acceptors (Lipinski definition) is 3. The van der Waals surface area contributed by atoms with Crippen molar-refractivity contribution in [2.75, 3.05) is 6.66 Å². The molecule has 1 saturated carbocycles. The van der Waals surface area contributed by atoms with Gasteiger partial charge in [0.2, 0.25) is 0 Å². The molecule has 1 saturated heterocycles. The summed E-state index contributed by atoms with van der Waals surface area (Å²) < 4.78 is 22.9. The van der Waals surface area contributed by atoms with Crippen molar-refractivity contribution < 1.29 is 13.6 Å². The van der Waals surface area contributed by atoms with Crippen LogP contribution in [0.4, 0.5) is 0 Å². The zero-order valence-corrected chi connectivity index (χ0v) is 10.2. The highest BCUT2D eigenvalue weighted by Crippen LogP contribution is 2.60. The van der Waals surface area contributed by atoms with Crippen molar-refractivity contribution in [2.45, 2.75) is 45.8 Å². The van der Waals surface area contributed by atoms with Crippen LogP contribution < -0.4 is 0 Å². The topological polar surface area (TPSA) is 35.5 Å². The van der Waals surface area contributed by atoms with E-state index in [1.807, 2.05) is 0 Å². The summed E-state index contributed by atoms with van der Waals surface area (Å²) in [7, 11) is -2.77. The van der Waals surface area contributed by atoms with Gasteiger partial charge in [-0.25, -0.2) is 0 Å². The van der Waals surface area contributed by atoms with Crippen LogP contribution in [0.1, 0.15) is 33.6 Å². The molecule has 2 bridgehead atoms. The second-order valence-corrected chi connectivity index (χ2v) is 7.32. The smallest absolute Gasteiger partial charge is 0.305 e. The van der Waals surface area contributed by atoms with Gasteiger partial charge in [-0.1, -0.05) is 20.8 Å². The Morgan fingerprint density at radius 1 is 1.21 bits per heavy atom. The second kappa shape index (κ2) is 3.07. The lowest BCUT2D eigenvalue weighted by atomic mass is 9.69. The maximum Gasteiger partial charge on any atom is 0.328 e. The van der Waals surface area contributed by atoms with E-state index in [4.69, 9.17) is 9.05 Å². The van der Waals surface area contributed by atoms with Gasteiger partial charge in [0.1, 0.15) is 0 Å². The molecule has 2 unspecified atom stereocenters. The average molecular weight is 218 g/mol. The first-order valence-corrected chi connectivity index (χ1v) is 7.24. The predicted octanol–water partition coefficient (Wildman–Crippen LogP) is 3.05. The first-order chi connectivity index (χ1) is 6.31. The van der Waals surface area contributed by atoms with Gasteiger partial charge in [-0.05, 0) is 18.8 Å². The van der Waals surface area contributed by atoms with Crippen LogP contribution in [-0.4, -0.2) is 18.9 Å². The second-order valence-electron chi connectivity index (χ2n) is 5.36. The van der Waals surface area contributed by atoms with Crippen molar-refractivity contribution in [1.82, 2.24) is 0 Å². The van der Waals surface area contributed by atoms with Crippen molar-refractivity contribution in [3.8, 4) is 0 Å². The Bertz CT molecular complexity index is 265. The van der Waals surface area contributed by atoms with Gasteiger partial charge in [0.05, 0.1) is 12.2 Å². The summed E-state index contributed by atoms with van der Waals surface area (Å²) in [6.07, 6.45) is 2.21. The third-order valence-electron chi connectivity index (χ3n) is 3.53. The standard InChI is InChI=1S/C10H19O3P/c1-7-5-8-10(2,3)9(6-7)13-14(4,11)12-8/h7-9H,5-6H2,1-4H3. The molecule has 3 nitrogen and oxygen atoms in total. The van der Waals surface area contributed by atoms with Crippen LogP contribution in [0.5, 0.6) is 0 Å². The molecule has 2 atom stereocenters. The fourth-order valence-corrected chi connectivity index (χ4v) is 4.18. The fraction of sp³-hybridized carbons (Fsp3) is 1.00. The zero-order valence-electron chi connectivity index (χ0n) is 9.32. The summed E-state index contributed by atoms with van der Waals surface area (Å²) in [5.74, 6) is 0.610. The van der Waals surface area contributed by atoms with E-state index in [0.29, 0.717) is 5.92 Å². The van der Waals surface area contributed by atoms with Crippen molar-refractivity contribution >= 4 is 7.60 Å². The third kappa shape index (κ3) is 1.66. The minimum absolute atomic E-state index is 0.0103. The Morgan fingerprint density at radius 3 is 2.07 bits per heavy atom. The van der Waals surface area contributed by atoms with Gasteiger partial charge in [0.25, 0.3) is 0 Å². The third-order valence-corrected chi connectivity index (χ3v) is 4.80. The van der Waals surface area contributed by atoms with E-state index >= 15 is 0 Å². The van der Waals surface area contributed by atoms with Crippen LogP contribution in [0, 0.1) is 11.3 Å². The van der Waals surface area contributed by atoms with Gasteiger partial charge in [-0.15, -0.1) is 0 Å². The molecule has 1 aliphatic carbocycles. The molecule has 2 rings (SSSR count). The van der Waals surface area contributed by atoms with Crippen LogP contribution in [0.3, 0.4) is 0 Å². The van der Waals surface area contributed by atoms with E-state index in [9.17, 15) is 4.57 Å². The number of fused-ring (bicyclic) bond motifs is 2. The number of hydrogen-bond donors (Lipinski definition) is 0. The maximum absolute atomic E-state index is 11.8. The molecule has 0 aromatic rings. The minimum atomic E-state index is -2.77. The van der Waals surface area contributed by atoms with Gasteiger partial charge >= 0.3 is 7.60 Å². The largest absolute Gasteiger partial charge is 0.328 e. The maximum atomic E-state index is 11.8. The molecular formula is C10H19O3P. The molecule has 0 amide bonds. The predicted molar refractivity (Wildman–Crippen MR) is 55.5 cm³/mol. The van der Waals surface area contributed by atoms with E-state index in [2.05, 4.69) is 20.8 Å². The molecule has 1 heterocycles. The lowest BCUT2D eigenvalue weighted by molar-refractivity contribution is -0.117. The Morgan fingerprint density at radius 2 is 1.64 bits per heavy atom. The average Bonchev–Trinajstić information content (AvgIpc) is 1.95. The SMILES string of the molecule is CC1CC2OP(C)(=O)OC(C1)C2(C)C. The summed E-state index contributed by atoms with van der Waals surface area (Å²) in [5.41, 5.74) is 0.0103. The molecule has 0 spiro atoms. The molecule has 2 fully saturated rings. The molecule has 0 aromatic carbocycles. The molecule has 82 valence electrons. The van der Waals surface area contributed by atoms with Crippen LogP contribution in [0.2, 0.25) is 0 Å². The Hall–Kier alpha value is 0.150. The van der Waals surface area contributed by atoms with Gasteiger partial charge in [-0.2, -0.15) is 0 Å². The highest BCUT2D eigenvalue weighted by atomic mass is 31.2. The normalized spacial score (nSPS) is 51.6. The van der Waals surface area contributed by atoms with Crippen molar-refractivity contribution in [3.63, 3.8) is 0 Å². The Kier molecular flexibility index (Phi) is 2.34. The molecule has 2 aliphatic rings. The Labute approximate surface area is 85.7 Å². The molecular weight excluding hydrogens is 199 g/mol. The Balaban J connectivity index is 2.28. The van der Waals surface area contributed by atoms with E-state index in [-0.39, 0.29) is 17.6 Å². The zero-order chi connectivity index (χ0) is 10.6.